The van der Waals surface area contributed by atoms with Crippen LogP contribution in [0.3, 0.4) is 0 Å². The zero-order valence-electron chi connectivity index (χ0n) is 14.6. The Morgan fingerprint density at radius 1 is 1.28 bits per heavy atom. The second kappa shape index (κ2) is 6.93. The van der Waals surface area contributed by atoms with Crippen molar-refractivity contribution < 1.29 is 14.3 Å². The number of carbonyl (C=O) groups is 1. The minimum Gasteiger partial charge on any atom is -0.493 e. The molecule has 2 aromatic heterocycles. The topological polar surface area (TPSA) is 80.1 Å². The first kappa shape index (κ1) is 17.0. The summed E-state index contributed by atoms with van der Waals surface area (Å²) in [7, 11) is 0. The minimum absolute atomic E-state index is 0.0336. The molecule has 0 fully saturated rings. The van der Waals surface area contributed by atoms with E-state index in [-0.39, 0.29) is 5.88 Å². The summed E-state index contributed by atoms with van der Waals surface area (Å²) in [5.41, 5.74) is 1.58. The molecule has 1 N–H and O–H groups in total. The SMILES string of the molecule is CCCCn1c(O)c(N=NC(=O)c2cc(C)oc2C)c2ccccc21. The number of hydrogen-bond acceptors (Lipinski definition) is 4. The number of hydrogen-bond donors (Lipinski definition) is 1. The average molecular weight is 339 g/mol. The predicted molar refractivity (Wildman–Crippen MR) is 95.5 cm³/mol. The van der Waals surface area contributed by atoms with E-state index in [0.717, 1.165) is 23.7 Å². The number of carbonyl (C=O) groups excluding carboxylic acids is 1. The highest BCUT2D eigenvalue weighted by atomic mass is 16.3. The molecule has 0 aliphatic rings. The van der Waals surface area contributed by atoms with Gasteiger partial charge in [0, 0.05) is 11.9 Å². The lowest BCUT2D eigenvalue weighted by atomic mass is 10.2. The Morgan fingerprint density at radius 3 is 2.72 bits per heavy atom. The fourth-order valence-corrected chi connectivity index (χ4v) is 2.91. The van der Waals surface area contributed by atoms with E-state index in [1.807, 2.05) is 28.8 Å². The molecular formula is C19H21N3O3. The van der Waals surface area contributed by atoms with Crippen LogP contribution in [0.1, 0.15) is 41.6 Å². The van der Waals surface area contributed by atoms with E-state index in [1.54, 1.807) is 19.9 Å². The predicted octanol–water partition coefficient (Wildman–Crippen LogP) is 5.28. The summed E-state index contributed by atoms with van der Waals surface area (Å²) in [6, 6.07) is 9.21. The molecule has 0 bridgehead atoms. The van der Waals surface area contributed by atoms with Gasteiger partial charge in [-0.2, -0.15) is 0 Å². The van der Waals surface area contributed by atoms with Crippen molar-refractivity contribution in [2.75, 3.05) is 0 Å². The highest BCUT2D eigenvalue weighted by Crippen LogP contribution is 2.39. The van der Waals surface area contributed by atoms with Crippen molar-refractivity contribution in [3.05, 3.63) is 47.4 Å². The summed E-state index contributed by atoms with van der Waals surface area (Å²) in [6.45, 7) is 6.27. The first-order chi connectivity index (χ1) is 12.0. The van der Waals surface area contributed by atoms with Crippen LogP contribution in [-0.2, 0) is 6.54 Å². The number of rotatable bonds is 5. The molecular weight excluding hydrogens is 318 g/mol. The minimum atomic E-state index is -0.487. The van der Waals surface area contributed by atoms with Gasteiger partial charge < -0.3 is 14.1 Å². The van der Waals surface area contributed by atoms with E-state index in [1.165, 1.54) is 0 Å². The third-order valence-electron chi connectivity index (χ3n) is 4.16. The van der Waals surface area contributed by atoms with E-state index in [4.69, 9.17) is 4.42 Å². The average Bonchev–Trinajstić information content (AvgIpc) is 3.07. The van der Waals surface area contributed by atoms with Gasteiger partial charge in [0.25, 0.3) is 5.91 Å². The second-order valence-electron chi connectivity index (χ2n) is 6.03. The molecule has 3 aromatic rings. The van der Waals surface area contributed by atoms with E-state index in [2.05, 4.69) is 17.2 Å². The summed E-state index contributed by atoms with van der Waals surface area (Å²) in [4.78, 5) is 12.3. The summed E-state index contributed by atoms with van der Waals surface area (Å²) in [5, 5.41) is 19.2. The van der Waals surface area contributed by atoms with Crippen molar-refractivity contribution in [1.29, 1.82) is 0 Å². The number of unbranched alkanes of at least 4 members (excludes halogenated alkanes) is 1. The number of aromatic hydroxyl groups is 1. The van der Waals surface area contributed by atoms with Crippen LogP contribution in [0.2, 0.25) is 0 Å². The largest absolute Gasteiger partial charge is 0.493 e. The first-order valence-corrected chi connectivity index (χ1v) is 8.36. The van der Waals surface area contributed by atoms with Gasteiger partial charge in [-0.25, -0.2) is 0 Å². The number of benzene rings is 1. The zero-order chi connectivity index (χ0) is 18.0. The van der Waals surface area contributed by atoms with E-state index >= 15 is 0 Å². The van der Waals surface area contributed by atoms with Crippen molar-refractivity contribution in [1.82, 2.24) is 4.57 Å². The van der Waals surface area contributed by atoms with Crippen molar-refractivity contribution in [3.8, 4) is 5.88 Å². The lowest BCUT2D eigenvalue weighted by Gasteiger charge is -2.05. The molecule has 6 heteroatoms. The maximum absolute atomic E-state index is 12.3. The number of amides is 1. The summed E-state index contributed by atoms with van der Waals surface area (Å²) < 4.78 is 7.16. The number of azo groups is 1. The second-order valence-corrected chi connectivity index (χ2v) is 6.03. The molecule has 6 nitrogen and oxygen atoms in total. The standard InChI is InChI=1S/C19H21N3O3/c1-4-5-10-22-16-9-7-6-8-14(16)17(19(22)24)20-21-18(23)15-11-12(2)25-13(15)3/h6-9,11,24H,4-5,10H2,1-3H3. The molecule has 0 atom stereocenters. The molecule has 0 unspecified atom stereocenters. The van der Waals surface area contributed by atoms with Crippen molar-refractivity contribution in [3.63, 3.8) is 0 Å². The van der Waals surface area contributed by atoms with Crippen LogP contribution < -0.4 is 0 Å². The maximum atomic E-state index is 12.3. The Balaban J connectivity index is 1.99. The first-order valence-electron chi connectivity index (χ1n) is 8.36. The van der Waals surface area contributed by atoms with Crippen LogP contribution in [-0.4, -0.2) is 15.6 Å². The molecule has 0 radical (unpaired) electrons. The van der Waals surface area contributed by atoms with Gasteiger partial charge in [0.15, 0.2) is 5.69 Å². The van der Waals surface area contributed by atoms with Gasteiger partial charge in [-0.3, -0.25) is 4.79 Å². The lowest BCUT2D eigenvalue weighted by molar-refractivity contribution is 0.0993. The van der Waals surface area contributed by atoms with Crippen molar-refractivity contribution >= 4 is 22.5 Å². The molecule has 3 rings (SSSR count). The van der Waals surface area contributed by atoms with Crippen molar-refractivity contribution in [2.45, 2.75) is 40.2 Å². The van der Waals surface area contributed by atoms with Crippen LogP contribution >= 0.6 is 0 Å². The number of furan rings is 1. The summed E-state index contributed by atoms with van der Waals surface area (Å²) in [5.74, 6) is 0.705. The fourth-order valence-electron chi connectivity index (χ4n) is 2.91. The number of aromatic nitrogens is 1. The monoisotopic (exact) mass is 339 g/mol. The Kier molecular flexibility index (Phi) is 4.70. The van der Waals surface area contributed by atoms with Gasteiger partial charge in [0.2, 0.25) is 5.88 Å². The van der Waals surface area contributed by atoms with Gasteiger partial charge in [-0.15, -0.1) is 10.2 Å². The lowest BCUT2D eigenvalue weighted by Crippen LogP contribution is -1.96. The van der Waals surface area contributed by atoms with Gasteiger partial charge in [-0.1, -0.05) is 31.5 Å². The molecule has 0 aliphatic heterocycles. The Labute approximate surface area is 145 Å². The number of aryl methyl sites for hydroxylation is 3. The van der Waals surface area contributed by atoms with Gasteiger partial charge in [0.1, 0.15) is 11.5 Å². The van der Waals surface area contributed by atoms with Crippen LogP contribution in [0.4, 0.5) is 5.69 Å². The zero-order valence-corrected chi connectivity index (χ0v) is 14.6. The Morgan fingerprint density at radius 2 is 2.04 bits per heavy atom. The van der Waals surface area contributed by atoms with E-state index in [9.17, 15) is 9.90 Å². The van der Waals surface area contributed by atoms with Crippen LogP contribution in [0.15, 0.2) is 45.0 Å². The molecule has 0 saturated heterocycles. The normalized spacial score (nSPS) is 11.6. The van der Waals surface area contributed by atoms with E-state index in [0.29, 0.717) is 29.3 Å². The molecule has 0 aliphatic carbocycles. The van der Waals surface area contributed by atoms with Crippen LogP contribution in [0.25, 0.3) is 10.9 Å². The fraction of sp³-hybridized carbons (Fsp3) is 0.316. The van der Waals surface area contributed by atoms with Crippen LogP contribution in [0, 0.1) is 13.8 Å². The number of para-hydroxylation sites is 1. The van der Waals surface area contributed by atoms with Crippen LogP contribution in [0.5, 0.6) is 5.88 Å². The number of fused-ring (bicyclic) bond motifs is 1. The highest BCUT2D eigenvalue weighted by molar-refractivity contribution is 5.97. The summed E-state index contributed by atoms with van der Waals surface area (Å²) >= 11 is 0. The molecule has 2 heterocycles. The van der Waals surface area contributed by atoms with Crippen molar-refractivity contribution in [2.24, 2.45) is 10.2 Å². The Bertz CT molecular complexity index is 950. The maximum Gasteiger partial charge on any atom is 0.298 e. The third kappa shape index (κ3) is 3.20. The molecule has 25 heavy (non-hydrogen) atoms. The molecule has 0 spiro atoms. The number of nitrogens with zero attached hydrogens (tertiary/aromatic N) is 3. The quantitative estimate of drug-likeness (QED) is 0.642. The molecule has 130 valence electrons. The van der Waals surface area contributed by atoms with E-state index < -0.39 is 5.91 Å². The Hall–Kier alpha value is -2.89. The highest BCUT2D eigenvalue weighted by Gasteiger charge is 2.17. The molecule has 1 amide bonds. The van der Waals surface area contributed by atoms with Gasteiger partial charge >= 0.3 is 0 Å². The molecule has 0 saturated carbocycles. The summed E-state index contributed by atoms with van der Waals surface area (Å²) in [6.07, 6.45) is 1.95. The molecule has 1 aromatic carbocycles. The third-order valence-corrected chi connectivity index (χ3v) is 4.16. The van der Waals surface area contributed by atoms with Gasteiger partial charge in [0.05, 0.1) is 11.1 Å². The smallest absolute Gasteiger partial charge is 0.298 e. The van der Waals surface area contributed by atoms with Gasteiger partial charge in [-0.05, 0) is 32.4 Å².